The average molecular weight is 254 g/mol. The lowest BCUT2D eigenvalue weighted by Gasteiger charge is -2.10. The van der Waals surface area contributed by atoms with Crippen LogP contribution in [0.4, 0.5) is 0 Å². The van der Waals surface area contributed by atoms with Gasteiger partial charge >= 0.3 is 0 Å². The number of nitrogens with zero attached hydrogens (tertiary/aromatic N) is 2. The zero-order valence-electron chi connectivity index (χ0n) is 10.9. The molecule has 0 amide bonds. The molecule has 0 radical (unpaired) electrons. The molecule has 1 heterocycles. The molecule has 0 bridgehead atoms. The molecule has 1 aromatic carbocycles. The highest BCUT2D eigenvalue weighted by Crippen LogP contribution is 2.31. The Balaban J connectivity index is 2.30. The van der Waals surface area contributed by atoms with Gasteiger partial charge in [-0.25, -0.2) is 4.98 Å². The maximum absolute atomic E-state index is 8.80. The predicted octanol–water partition coefficient (Wildman–Crippen LogP) is 3.32. The molecule has 0 atom stereocenters. The highest BCUT2D eigenvalue weighted by atomic mass is 16.5. The highest BCUT2D eigenvalue weighted by Gasteiger charge is 2.07. The summed E-state index contributed by atoms with van der Waals surface area (Å²) in [6.07, 6.45) is 0.929. The standard InChI is InChI=1S/C15H14N2O2/c1-3-11-7-8-13(14(9-11)18-2)19-15-6-4-5-12(10-16)17-15/h4-9H,3H2,1-2H3. The molecule has 0 aliphatic carbocycles. The zero-order chi connectivity index (χ0) is 13.7. The van der Waals surface area contributed by atoms with Crippen LogP contribution < -0.4 is 9.47 Å². The first-order valence-corrected chi connectivity index (χ1v) is 5.98. The fraction of sp³-hybridized carbons (Fsp3) is 0.200. The van der Waals surface area contributed by atoms with Gasteiger partial charge in [-0.15, -0.1) is 0 Å². The van der Waals surface area contributed by atoms with Gasteiger partial charge in [0.25, 0.3) is 0 Å². The van der Waals surface area contributed by atoms with Crippen LogP contribution in [0, 0.1) is 11.3 Å². The maximum Gasteiger partial charge on any atom is 0.220 e. The highest BCUT2D eigenvalue weighted by molar-refractivity contribution is 5.44. The van der Waals surface area contributed by atoms with Crippen LogP contribution in [0.15, 0.2) is 36.4 Å². The van der Waals surface area contributed by atoms with E-state index in [1.807, 2.05) is 24.3 Å². The molecule has 0 aliphatic rings. The number of methoxy groups -OCH3 is 1. The van der Waals surface area contributed by atoms with Gasteiger partial charge in [-0.05, 0) is 30.2 Å². The minimum Gasteiger partial charge on any atom is -0.493 e. The molecule has 0 unspecified atom stereocenters. The number of ether oxygens (including phenoxy) is 2. The minimum atomic E-state index is 0.321. The van der Waals surface area contributed by atoms with E-state index in [2.05, 4.69) is 11.9 Å². The summed E-state index contributed by atoms with van der Waals surface area (Å²) in [5, 5.41) is 8.80. The van der Waals surface area contributed by atoms with Crippen molar-refractivity contribution in [3.05, 3.63) is 47.7 Å². The SMILES string of the molecule is CCc1ccc(Oc2cccc(C#N)n2)c(OC)c1. The lowest BCUT2D eigenvalue weighted by Crippen LogP contribution is -1.94. The van der Waals surface area contributed by atoms with E-state index in [-0.39, 0.29) is 0 Å². The topological polar surface area (TPSA) is 55.1 Å². The van der Waals surface area contributed by atoms with Crippen LogP contribution in [0.5, 0.6) is 17.4 Å². The molecule has 1 aromatic heterocycles. The van der Waals surface area contributed by atoms with E-state index < -0.39 is 0 Å². The van der Waals surface area contributed by atoms with Gasteiger partial charge in [0.05, 0.1) is 7.11 Å². The molecule has 2 rings (SSSR count). The smallest absolute Gasteiger partial charge is 0.220 e. The molecule has 96 valence electrons. The van der Waals surface area contributed by atoms with Crippen LogP contribution in [0.25, 0.3) is 0 Å². The average Bonchev–Trinajstić information content (AvgIpc) is 2.48. The van der Waals surface area contributed by atoms with Crippen LogP contribution >= 0.6 is 0 Å². The van der Waals surface area contributed by atoms with E-state index >= 15 is 0 Å². The molecule has 0 N–H and O–H groups in total. The lowest BCUT2D eigenvalue weighted by atomic mass is 10.1. The summed E-state index contributed by atoms with van der Waals surface area (Å²) in [5.74, 6) is 1.62. The van der Waals surface area contributed by atoms with Crippen LogP contribution in [-0.4, -0.2) is 12.1 Å². The third-order valence-corrected chi connectivity index (χ3v) is 2.69. The Bertz CT molecular complexity index is 618. The van der Waals surface area contributed by atoms with Crippen LogP contribution in [-0.2, 0) is 6.42 Å². The first-order chi connectivity index (χ1) is 9.26. The van der Waals surface area contributed by atoms with Crippen molar-refractivity contribution in [3.8, 4) is 23.4 Å². The van der Waals surface area contributed by atoms with Crippen molar-refractivity contribution < 1.29 is 9.47 Å². The molecule has 0 saturated heterocycles. The quantitative estimate of drug-likeness (QED) is 0.839. The van der Waals surface area contributed by atoms with E-state index in [0.29, 0.717) is 23.1 Å². The van der Waals surface area contributed by atoms with Crippen LogP contribution in [0.2, 0.25) is 0 Å². The van der Waals surface area contributed by atoms with E-state index in [1.54, 1.807) is 25.3 Å². The van der Waals surface area contributed by atoms with Crippen LogP contribution in [0.1, 0.15) is 18.2 Å². The number of hydrogen-bond donors (Lipinski definition) is 0. The van der Waals surface area contributed by atoms with Gasteiger partial charge in [-0.3, -0.25) is 0 Å². The van der Waals surface area contributed by atoms with Crippen molar-refractivity contribution in [3.63, 3.8) is 0 Å². The van der Waals surface area contributed by atoms with Gasteiger partial charge in [0.1, 0.15) is 11.8 Å². The number of nitriles is 1. The van der Waals surface area contributed by atoms with Crippen LogP contribution in [0.3, 0.4) is 0 Å². The molecule has 4 nitrogen and oxygen atoms in total. The van der Waals surface area contributed by atoms with Crippen molar-refractivity contribution >= 4 is 0 Å². The monoisotopic (exact) mass is 254 g/mol. The predicted molar refractivity (Wildman–Crippen MR) is 71.4 cm³/mol. The van der Waals surface area contributed by atoms with E-state index in [4.69, 9.17) is 14.7 Å². The number of hydrogen-bond acceptors (Lipinski definition) is 4. The Kier molecular flexibility index (Phi) is 3.99. The molecule has 0 aliphatic heterocycles. The van der Waals surface area contributed by atoms with Crippen molar-refractivity contribution in [2.75, 3.05) is 7.11 Å². The second-order valence-corrected chi connectivity index (χ2v) is 3.91. The Morgan fingerprint density at radius 1 is 1.21 bits per heavy atom. The van der Waals surface area contributed by atoms with Gasteiger partial charge in [0, 0.05) is 6.07 Å². The van der Waals surface area contributed by atoms with Gasteiger partial charge in [-0.1, -0.05) is 19.1 Å². The summed E-state index contributed by atoms with van der Waals surface area (Å²) < 4.78 is 11.0. The second-order valence-electron chi connectivity index (χ2n) is 3.91. The molecule has 0 fully saturated rings. The number of pyridine rings is 1. The Morgan fingerprint density at radius 2 is 2.05 bits per heavy atom. The van der Waals surface area contributed by atoms with Gasteiger partial charge < -0.3 is 9.47 Å². The Morgan fingerprint density at radius 3 is 2.74 bits per heavy atom. The summed E-state index contributed by atoms with van der Waals surface area (Å²) >= 11 is 0. The third-order valence-electron chi connectivity index (χ3n) is 2.69. The van der Waals surface area contributed by atoms with E-state index in [1.165, 1.54) is 5.56 Å². The van der Waals surface area contributed by atoms with Gasteiger partial charge in [0.15, 0.2) is 11.5 Å². The molecule has 2 aromatic rings. The van der Waals surface area contributed by atoms with Crippen molar-refractivity contribution in [1.82, 2.24) is 4.98 Å². The van der Waals surface area contributed by atoms with Gasteiger partial charge in [-0.2, -0.15) is 5.26 Å². The summed E-state index contributed by atoms with van der Waals surface area (Å²) in [6.45, 7) is 2.08. The normalized spacial score (nSPS) is 9.74. The number of aromatic nitrogens is 1. The van der Waals surface area contributed by atoms with E-state index in [9.17, 15) is 0 Å². The zero-order valence-corrected chi connectivity index (χ0v) is 10.9. The molecule has 0 spiro atoms. The maximum atomic E-state index is 8.80. The van der Waals surface area contributed by atoms with Crippen molar-refractivity contribution in [1.29, 1.82) is 5.26 Å². The number of rotatable bonds is 4. The fourth-order valence-electron chi connectivity index (χ4n) is 1.66. The number of aryl methyl sites for hydroxylation is 1. The summed E-state index contributed by atoms with van der Waals surface area (Å²) in [5.41, 5.74) is 1.49. The van der Waals surface area contributed by atoms with Crippen molar-refractivity contribution in [2.24, 2.45) is 0 Å². The number of benzene rings is 1. The second kappa shape index (κ2) is 5.87. The van der Waals surface area contributed by atoms with E-state index in [0.717, 1.165) is 6.42 Å². The minimum absolute atomic E-state index is 0.321. The molecule has 0 saturated carbocycles. The molecular weight excluding hydrogens is 240 g/mol. The molecule has 19 heavy (non-hydrogen) atoms. The third kappa shape index (κ3) is 3.02. The first-order valence-electron chi connectivity index (χ1n) is 5.98. The lowest BCUT2D eigenvalue weighted by molar-refractivity contribution is 0.373. The first kappa shape index (κ1) is 12.9. The van der Waals surface area contributed by atoms with Gasteiger partial charge in [0.2, 0.25) is 5.88 Å². The summed E-state index contributed by atoms with van der Waals surface area (Å²) in [4.78, 5) is 4.07. The van der Waals surface area contributed by atoms with Crippen molar-refractivity contribution in [2.45, 2.75) is 13.3 Å². The largest absolute Gasteiger partial charge is 0.493 e. The molecular formula is C15H14N2O2. The Hall–Kier alpha value is -2.54. The summed E-state index contributed by atoms with van der Waals surface area (Å²) in [6, 6.07) is 12.8. The Labute approximate surface area is 112 Å². The fourth-order valence-corrected chi connectivity index (χ4v) is 1.66. The molecule has 4 heteroatoms. The summed E-state index contributed by atoms with van der Waals surface area (Å²) in [7, 11) is 1.60.